The number of halogens is 2. The summed E-state index contributed by atoms with van der Waals surface area (Å²) < 4.78 is 12.8. The van der Waals surface area contributed by atoms with Crippen LogP contribution in [0, 0.1) is 3.57 Å². The standard InChI is InChI=1S/C27H22ClIN2O5S/c1-3-35-22-12-16(11-21(29)24(22)36-15-18-7-4-5-10-20(18)28)13-23-25(32)31(2)27(37-23)30-19-9-6-8-17(14-19)26(33)34/h4-14H,3,15H2,1-2H3,(H,33,34). The van der Waals surface area contributed by atoms with Crippen LogP contribution in [0.15, 0.2) is 70.6 Å². The van der Waals surface area contributed by atoms with Crippen LogP contribution in [-0.2, 0) is 11.4 Å². The number of thioether (sulfide) groups is 1. The third-order valence-corrected chi connectivity index (χ3v) is 7.51. The Balaban J connectivity index is 1.60. The van der Waals surface area contributed by atoms with Crippen LogP contribution in [0.5, 0.6) is 11.5 Å². The van der Waals surface area contributed by atoms with Crippen LogP contribution in [-0.4, -0.2) is 40.7 Å². The summed E-state index contributed by atoms with van der Waals surface area (Å²) in [5, 5.41) is 10.3. The number of carbonyl (C=O) groups excluding carboxylic acids is 1. The highest BCUT2D eigenvalue weighted by atomic mass is 127. The number of amides is 1. The minimum absolute atomic E-state index is 0.129. The van der Waals surface area contributed by atoms with Crippen molar-refractivity contribution in [1.82, 2.24) is 4.90 Å². The molecule has 1 amide bonds. The minimum atomic E-state index is -1.04. The van der Waals surface area contributed by atoms with Gasteiger partial charge in [0.05, 0.1) is 26.3 Å². The first kappa shape index (κ1) is 27.0. The fourth-order valence-electron chi connectivity index (χ4n) is 3.46. The van der Waals surface area contributed by atoms with Crippen LogP contribution < -0.4 is 9.47 Å². The quantitative estimate of drug-likeness (QED) is 0.212. The van der Waals surface area contributed by atoms with Crippen molar-refractivity contribution >= 4 is 74.8 Å². The molecule has 1 aliphatic rings. The Morgan fingerprint density at radius 2 is 1.95 bits per heavy atom. The third kappa shape index (κ3) is 6.46. The molecular formula is C27H22ClIN2O5S. The van der Waals surface area contributed by atoms with Gasteiger partial charge < -0.3 is 14.6 Å². The zero-order chi connectivity index (χ0) is 26.5. The van der Waals surface area contributed by atoms with Gasteiger partial charge in [0.1, 0.15) is 6.61 Å². The number of aromatic carboxylic acids is 1. The lowest BCUT2D eigenvalue weighted by molar-refractivity contribution is -0.121. The summed E-state index contributed by atoms with van der Waals surface area (Å²) >= 11 is 9.67. The zero-order valence-electron chi connectivity index (χ0n) is 19.9. The van der Waals surface area contributed by atoms with Crippen LogP contribution in [0.4, 0.5) is 5.69 Å². The second kappa shape index (κ2) is 12.0. The molecule has 0 bridgehead atoms. The Morgan fingerprint density at radius 1 is 1.16 bits per heavy atom. The predicted molar refractivity (Wildman–Crippen MR) is 155 cm³/mol. The molecule has 0 atom stereocenters. The van der Waals surface area contributed by atoms with Gasteiger partial charge in [-0.15, -0.1) is 0 Å². The summed E-state index contributed by atoms with van der Waals surface area (Å²) in [5.41, 5.74) is 2.22. The molecule has 37 heavy (non-hydrogen) atoms. The minimum Gasteiger partial charge on any atom is -0.490 e. The highest BCUT2D eigenvalue weighted by Gasteiger charge is 2.30. The number of ether oxygens (including phenoxy) is 2. The lowest BCUT2D eigenvalue weighted by Crippen LogP contribution is -2.23. The van der Waals surface area contributed by atoms with E-state index >= 15 is 0 Å². The van der Waals surface area contributed by atoms with Gasteiger partial charge in [0, 0.05) is 17.6 Å². The number of amidine groups is 1. The van der Waals surface area contributed by atoms with Crippen molar-refractivity contribution in [3.8, 4) is 11.5 Å². The Hall–Kier alpha value is -3.02. The van der Waals surface area contributed by atoms with Gasteiger partial charge in [-0.1, -0.05) is 35.9 Å². The van der Waals surface area contributed by atoms with Crippen molar-refractivity contribution in [3.05, 3.63) is 90.9 Å². The monoisotopic (exact) mass is 648 g/mol. The van der Waals surface area contributed by atoms with Gasteiger partial charge in [0.15, 0.2) is 16.7 Å². The predicted octanol–water partition coefficient (Wildman–Crippen LogP) is 6.85. The van der Waals surface area contributed by atoms with E-state index in [1.165, 1.54) is 28.8 Å². The molecule has 1 saturated heterocycles. The topological polar surface area (TPSA) is 88.4 Å². The van der Waals surface area contributed by atoms with E-state index in [-0.39, 0.29) is 18.1 Å². The fourth-order valence-corrected chi connectivity index (χ4v) is 5.42. The second-order valence-electron chi connectivity index (χ2n) is 7.87. The van der Waals surface area contributed by atoms with Crippen molar-refractivity contribution in [2.45, 2.75) is 13.5 Å². The Labute approximate surface area is 237 Å². The molecule has 3 aromatic carbocycles. The van der Waals surface area contributed by atoms with Crippen LogP contribution >= 0.6 is 46.0 Å². The average molecular weight is 649 g/mol. The molecule has 0 spiro atoms. The lowest BCUT2D eigenvalue weighted by atomic mass is 10.1. The fraction of sp³-hybridized carbons (Fsp3) is 0.148. The largest absolute Gasteiger partial charge is 0.490 e. The molecule has 0 unspecified atom stereocenters. The summed E-state index contributed by atoms with van der Waals surface area (Å²) in [6.45, 7) is 2.63. The highest BCUT2D eigenvalue weighted by Crippen LogP contribution is 2.38. The number of carboxylic acids is 1. The van der Waals surface area contributed by atoms with E-state index in [1.54, 1.807) is 25.3 Å². The van der Waals surface area contributed by atoms with E-state index in [1.807, 2.05) is 43.3 Å². The first-order valence-electron chi connectivity index (χ1n) is 11.2. The first-order valence-corrected chi connectivity index (χ1v) is 13.5. The van der Waals surface area contributed by atoms with Crippen LogP contribution in [0.25, 0.3) is 6.08 Å². The number of carbonyl (C=O) groups is 2. The maximum atomic E-state index is 12.9. The van der Waals surface area contributed by atoms with Crippen LogP contribution in [0.3, 0.4) is 0 Å². The Morgan fingerprint density at radius 3 is 2.68 bits per heavy atom. The van der Waals surface area contributed by atoms with Gasteiger partial charge in [0.25, 0.3) is 5.91 Å². The van der Waals surface area contributed by atoms with E-state index in [0.29, 0.717) is 38.9 Å². The number of hydrogen-bond acceptors (Lipinski definition) is 6. The van der Waals surface area contributed by atoms with E-state index in [9.17, 15) is 14.7 Å². The summed E-state index contributed by atoms with van der Waals surface area (Å²) in [6.07, 6.45) is 1.78. The molecule has 1 fully saturated rings. The lowest BCUT2D eigenvalue weighted by Gasteiger charge is -2.15. The Bertz CT molecular complexity index is 1430. The van der Waals surface area contributed by atoms with Gasteiger partial charge in [0.2, 0.25) is 0 Å². The second-order valence-corrected chi connectivity index (χ2v) is 10.4. The highest BCUT2D eigenvalue weighted by molar-refractivity contribution is 14.1. The number of carboxylic acid groups (broad SMARTS) is 1. The maximum Gasteiger partial charge on any atom is 0.335 e. The van der Waals surface area contributed by atoms with Crippen molar-refractivity contribution < 1.29 is 24.2 Å². The van der Waals surface area contributed by atoms with Gasteiger partial charge in [-0.05, 0) is 89.3 Å². The third-order valence-electron chi connectivity index (χ3n) is 5.28. The van der Waals surface area contributed by atoms with E-state index < -0.39 is 5.97 Å². The number of hydrogen-bond donors (Lipinski definition) is 1. The van der Waals surface area contributed by atoms with Gasteiger partial charge in [-0.25, -0.2) is 9.79 Å². The van der Waals surface area contributed by atoms with Gasteiger partial charge in [-0.3, -0.25) is 9.69 Å². The number of aliphatic imine (C=N–C) groups is 1. The number of nitrogens with zero attached hydrogens (tertiary/aromatic N) is 2. The zero-order valence-corrected chi connectivity index (χ0v) is 23.6. The van der Waals surface area contributed by atoms with Crippen molar-refractivity contribution in [3.63, 3.8) is 0 Å². The molecule has 0 radical (unpaired) electrons. The molecule has 1 N–H and O–H groups in total. The molecule has 0 aliphatic carbocycles. The number of likely N-dealkylation sites (N-methyl/N-ethyl adjacent to an activating group) is 1. The normalized spacial score (nSPS) is 15.5. The summed E-state index contributed by atoms with van der Waals surface area (Å²) in [5.74, 6) is -0.0700. The van der Waals surface area contributed by atoms with Crippen LogP contribution in [0.2, 0.25) is 5.02 Å². The molecule has 4 rings (SSSR count). The van der Waals surface area contributed by atoms with Crippen molar-refractivity contribution in [1.29, 1.82) is 0 Å². The van der Waals surface area contributed by atoms with E-state index in [2.05, 4.69) is 27.6 Å². The first-order chi connectivity index (χ1) is 17.8. The molecule has 10 heteroatoms. The van der Waals surface area contributed by atoms with Crippen molar-refractivity contribution in [2.24, 2.45) is 4.99 Å². The molecule has 0 saturated carbocycles. The molecule has 7 nitrogen and oxygen atoms in total. The molecule has 0 aromatic heterocycles. The van der Waals surface area contributed by atoms with Crippen LogP contribution in [0.1, 0.15) is 28.4 Å². The SMILES string of the molecule is CCOc1cc(C=C2SC(=Nc3cccc(C(=O)O)c3)N(C)C2=O)cc(I)c1OCc1ccccc1Cl. The van der Waals surface area contributed by atoms with E-state index in [4.69, 9.17) is 21.1 Å². The van der Waals surface area contributed by atoms with Crippen molar-refractivity contribution in [2.75, 3.05) is 13.7 Å². The van der Waals surface area contributed by atoms with Gasteiger partial charge in [-0.2, -0.15) is 0 Å². The molecular weight excluding hydrogens is 627 g/mol. The molecule has 3 aromatic rings. The molecule has 1 heterocycles. The summed E-state index contributed by atoms with van der Waals surface area (Å²) in [7, 11) is 1.64. The Kier molecular flexibility index (Phi) is 8.78. The number of rotatable bonds is 8. The summed E-state index contributed by atoms with van der Waals surface area (Å²) in [4.78, 5) is 30.6. The molecule has 1 aliphatic heterocycles. The van der Waals surface area contributed by atoms with E-state index in [0.717, 1.165) is 14.7 Å². The average Bonchev–Trinajstić information content (AvgIpc) is 3.12. The van der Waals surface area contributed by atoms with Gasteiger partial charge >= 0.3 is 5.97 Å². The number of benzene rings is 3. The maximum absolute atomic E-state index is 12.9. The smallest absolute Gasteiger partial charge is 0.335 e. The molecule has 190 valence electrons. The summed E-state index contributed by atoms with van der Waals surface area (Å²) in [6, 6.07) is 17.5.